The lowest BCUT2D eigenvalue weighted by Crippen LogP contribution is -2.15. The first-order valence-corrected chi connectivity index (χ1v) is 11.5. The molecule has 0 atom stereocenters. The van der Waals surface area contributed by atoms with E-state index >= 15 is 0 Å². The van der Waals surface area contributed by atoms with Crippen LogP contribution in [0.1, 0.15) is 74.7 Å². The highest BCUT2D eigenvalue weighted by Gasteiger charge is 2.22. The molecule has 2 aromatic rings. The summed E-state index contributed by atoms with van der Waals surface area (Å²) in [6.07, 6.45) is 9.29. The molecule has 0 aromatic heterocycles. The minimum atomic E-state index is -1.35. The van der Waals surface area contributed by atoms with Crippen LogP contribution in [0.4, 0.5) is 13.2 Å². The van der Waals surface area contributed by atoms with E-state index in [4.69, 9.17) is 9.47 Å². The Hall–Kier alpha value is -2.50. The number of halogens is 3. The highest BCUT2D eigenvalue weighted by atomic mass is 19.2. The van der Waals surface area contributed by atoms with Crippen molar-refractivity contribution in [3.63, 3.8) is 0 Å². The minimum Gasteiger partial charge on any atom is -0.491 e. The topological polar surface area (TPSA) is 35.5 Å². The van der Waals surface area contributed by atoms with Crippen LogP contribution < -0.4 is 9.47 Å². The summed E-state index contributed by atoms with van der Waals surface area (Å²) in [5.41, 5.74) is 0.496. The predicted octanol–water partition coefficient (Wildman–Crippen LogP) is 7.26. The van der Waals surface area contributed by atoms with Crippen molar-refractivity contribution in [2.24, 2.45) is 11.8 Å². The summed E-state index contributed by atoms with van der Waals surface area (Å²) in [5.74, 6) is -3.79. The summed E-state index contributed by atoms with van der Waals surface area (Å²) >= 11 is 0. The van der Waals surface area contributed by atoms with Gasteiger partial charge in [0.05, 0.1) is 12.2 Å². The van der Waals surface area contributed by atoms with E-state index in [9.17, 15) is 18.0 Å². The van der Waals surface area contributed by atoms with Gasteiger partial charge in [0.15, 0.2) is 11.5 Å². The van der Waals surface area contributed by atoms with Gasteiger partial charge in [-0.05, 0) is 61.4 Å². The molecule has 0 unspecified atom stereocenters. The molecule has 174 valence electrons. The summed E-state index contributed by atoms with van der Waals surface area (Å²) < 4.78 is 52.5. The summed E-state index contributed by atoms with van der Waals surface area (Å²) in [6.45, 7) is 4.02. The molecule has 32 heavy (non-hydrogen) atoms. The zero-order valence-corrected chi connectivity index (χ0v) is 18.8. The Kier molecular flexibility index (Phi) is 8.60. The summed E-state index contributed by atoms with van der Waals surface area (Å²) in [5, 5.41) is 0. The van der Waals surface area contributed by atoms with Gasteiger partial charge in [0.2, 0.25) is 11.6 Å². The Morgan fingerprint density at radius 1 is 0.906 bits per heavy atom. The van der Waals surface area contributed by atoms with Gasteiger partial charge in [-0.15, -0.1) is 0 Å². The maximum Gasteiger partial charge on any atom is 0.346 e. The maximum atomic E-state index is 14.6. The highest BCUT2D eigenvalue weighted by molar-refractivity contribution is 5.91. The number of hydrogen-bond acceptors (Lipinski definition) is 3. The van der Waals surface area contributed by atoms with Crippen LogP contribution in [0.5, 0.6) is 11.5 Å². The van der Waals surface area contributed by atoms with E-state index in [-0.39, 0.29) is 17.9 Å². The zero-order chi connectivity index (χ0) is 23.1. The lowest BCUT2D eigenvalue weighted by atomic mass is 9.78. The standard InChI is InChI=1S/C26H31F3O3/c1-3-5-17-6-8-18(9-7-17)10-11-19-12-13-20(21(27)16-19)26(30)32-23-15-14-22(31-4-2)24(28)25(23)29/h12-18H,3-11H2,1-2H3/t17-,18-. The van der Waals surface area contributed by atoms with Gasteiger partial charge in [0, 0.05) is 0 Å². The molecule has 3 rings (SSSR count). The predicted molar refractivity (Wildman–Crippen MR) is 118 cm³/mol. The number of carbonyl (C=O) groups excluding carboxylic acids is 1. The lowest BCUT2D eigenvalue weighted by Gasteiger charge is -2.28. The Bertz CT molecular complexity index is 921. The maximum absolute atomic E-state index is 14.6. The van der Waals surface area contributed by atoms with E-state index in [1.165, 1.54) is 56.7 Å². The van der Waals surface area contributed by atoms with Gasteiger partial charge >= 0.3 is 5.97 Å². The van der Waals surface area contributed by atoms with Crippen LogP contribution in [0, 0.1) is 29.3 Å². The average Bonchev–Trinajstić information content (AvgIpc) is 2.78. The molecule has 0 heterocycles. The molecule has 0 amide bonds. The van der Waals surface area contributed by atoms with Crippen molar-refractivity contribution in [2.75, 3.05) is 6.61 Å². The second-order valence-electron chi connectivity index (χ2n) is 8.54. The molecule has 0 saturated heterocycles. The largest absolute Gasteiger partial charge is 0.491 e. The van der Waals surface area contributed by atoms with Crippen molar-refractivity contribution < 1.29 is 27.4 Å². The second kappa shape index (κ2) is 11.4. The third kappa shape index (κ3) is 6.05. The molecule has 0 spiro atoms. The van der Waals surface area contributed by atoms with Crippen LogP contribution in [-0.4, -0.2) is 12.6 Å². The summed E-state index contributed by atoms with van der Waals surface area (Å²) in [4.78, 5) is 12.3. The van der Waals surface area contributed by atoms with Crippen molar-refractivity contribution in [1.82, 2.24) is 0 Å². The first kappa shape index (κ1) is 24.1. The smallest absolute Gasteiger partial charge is 0.346 e. The Morgan fingerprint density at radius 2 is 1.53 bits per heavy atom. The van der Waals surface area contributed by atoms with E-state index in [1.54, 1.807) is 13.0 Å². The van der Waals surface area contributed by atoms with E-state index < -0.39 is 29.2 Å². The molecule has 2 aromatic carbocycles. The molecule has 1 aliphatic rings. The van der Waals surface area contributed by atoms with Gasteiger partial charge in [0.25, 0.3) is 0 Å². The van der Waals surface area contributed by atoms with E-state index in [0.717, 1.165) is 30.4 Å². The number of hydrogen-bond donors (Lipinski definition) is 0. The van der Waals surface area contributed by atoms with Gasteiger partial charge in [-0.2, -0.15) is 8.78 Å². The molecular weight excluding hydrogens is 417 g/mol. The molecule has 0 aliphatic heterocycles. The summed E-state index contributed by atoms with van der Waals surface area (Å²) in [7, 11) is 0. The van der Waals surface area contributed by atoms with Crippen LogP contribution in [-0.2, 0) is 6.42 Å². The number of rotatable bonds is 9. The van der Waals surface area contributed by atoms with Gasteiger partial charge in [-0.3, -0.25) is 0 Å². The Balaban J connectivity index is 1.58. The molecule has 1 aliphatic carbocycles. The fourth-order valence-corrected chi connectivity index (χ4v) is 4.48. The van der Waals surface area contributed by atoms with E-state index in [2.05, 4.69) is 6.92 Å². The molecule has 1 saturated carbocycles. The Labute approximate surface area is 187 Å². The molecule has 0 N–H and O–H groups in total. The zero-order valence-electron chi connectivity index (χ0n) is 18.8. The number of esters is 1. The third-order valence-corrected chi connectivity index (χ3v) is 6.27. The third-order valence-electron chi connectivity index (χ3n) is 6.27. The fraction of sp³-hybridized carbons (Fsp3) is 0.500. The number of carbonyl (C=O) groups is 1. The fourth-order valence-electron chi connectivity index (χ4n) is 4.48. The number of aryl methyl sites for hydroxylation is 1. The molecule has 1 fully saturated rings. The molecule has 0 bridgehead atoms. The first-order valence-electron chi connectivity index (χ1n) is 11.5. The lowest BCUT2D eigenvalue weighted by molar-refractivity contribution is 0.0721. The molecule has 0 radical (unpaired) electrons. The SMILES string of the molecule is CCC[C@H]1CC[C@H](CCc2ccc(C(=O)Oc3ccc(OCC)c(F)c3F)c(F)c2)CC1. The van der Waals surface area contributed by atoms with Crippen LogP contribution >= 0.6 is 0 Å². The monoisotopic (exact) mass is 448 g/mol. The normalized spacial score (nSPS) is 18.4. The van der Waals surface area contributed by atoms with Crippen LogP contribution in [0.2, 0.25) is 0 Å². The minimum absolute atomic E-state index is 0.160. The van der Waals surface area contributed by atoms with E-state index in [0.29, 0.717) is 5.92 Å². The quantitative estimate of drug-likeness (QED) is 0.299. The van der Waals surface area contributed by atoms with E-state index in [1.807, 2.05) is 0 Å². The van der Waals surface area contributed by atoms with Crippen LogP contribution in [0.3, 0.4) is 0 Å². The molecule has 6 heteroatoms. The van der Waals surface area contributed by atoms with Gasteiger partial charge in [-0.1, -0.05) is 51.5 Å². The number of benzene rings is 2. The van der Waals surface area contributed by atoms with Crippen LogP contribution in [0.15, 0.2) is 30.3 Å². The molecule has 3 nitrogen and oxygen atoms in total. The van der Waals surface area contributed by atoms with Crippen molar-refractivity contribution in [3.8, 4) is 11.5 Å². The Morgan fingerprint density at radius 3 is 2.16 bits per heavy atom. The van der Waals surface area contributed by atoms with Gasteiger partial charge in [-0.25, -0.2) is 9.18 Å². The van der Waals surface area contributed by atoms with Gasteiger partial charge < -0.3 is 9.47 Å². The van der Waals surface area contributed by atoms with Crippen molar-refractivity contribution in [3.05, 3.63) is 58.9 Å². The van der Waals surface area contributed by atoms with Crippen molar-refractivity contribution in [2.45, 2.75) is 65.2 Å². The average molecular weight is 449 g/mol. The summed E-state index contributed by atoms with van der Waals surface area (Å²) in [6, 6.07) is 6.61. The van der Waals surface area contributed by atoms with Gasteiger partial charge in [0.1, 0.15) is 5.82 Å². The highest BCUT2D eigenvalue weighted by Crippen LogP contribution is 2.34. The van der Waals surface area contributed by atoms with Crippen molar-refractivity contribution >= 4 is 5.97 Å². The van der Waals surface area contributed by atoms with Crippen LogP contribution in [0.25, 0.3) is 0 Å². The van der Waals surface area contributed by atoms with Crippen molar-refractivity contribution in [1.29, 1.82) is 0 Å². The number of ether oxygens (including phenoxy) is 2. The second-order valence-corrected chi connectivity index (χ2v) is 8.54. The molecular formula is C26H31F3O3. The first-order chi connectivity index (χ1) is 15.4.